The van der Waals surface area contributed by atoms with E-state index >= 15 is 0 Å². The van der Waals surface area contributed by atoms with E-state index in [4.69, 9.17) is 9.47 Å². The van der Waals surface area contributed by atoms with Crippen LogP contribution in [0.2, 0.25) is 0 Å². The highest BCUT2D eigenvalue weighted by atomic mass is 16.5. The average molecular weight is 495 g/mol. The highest BCUT2D eigenvalue weighted by Crippen LogP contribution is 2.14. The summed E-state index contributed by atoms with van der Waals surface area (Å²) < 4.78 is 10.7. The molecule has 0 aliphatic heterocycles. The first-order valence-electron chi connectivity index (χ1n) is 14.9. The highest BCUT2D eigenvalue weighted by Gasteiger charge is 2.08. The van der Waals surface area contributed by atoms with Crippen molar-refractivity contribution in [2.45, 2.75) is 156 Å². The van der Waals surface area contributed by atoms with Crippen LogP contribution in [-0.4, -0.2) is 25.2 Å². The van der Waals surface area contributed by atoms with Gasteiger partial charge >= 0.3 is 11.9 Å². The van der Waals surface area contributed by atoms with E-state index in [1.165, 1.54) is 76.2 Å². The predicted molar refractivity (Wildman–Crippen MR) is 149 cm³/mol. The summed E-state index contributed by atoms with van der Waals surface area (Å²) in [6, 6.07) is 0. The molecule has 206 valence electrons. The summed E-state index contributed by atoms with van der Waals surface area (Å²) in [5, 5.41) is 0. The molecule has 0 spiro atoms. The van der Waals surface area contributed by atoms with Gasteiger partial charge in [0.25, 0.3) is 0 Å². The minimum absolute atomic E-state index is 0.137. The van der Waals surface area contributed by atoms with E-state index in [0.29, 0.717) is 44.8 Å². The number of esters is 2. The zero-order chi connectivity index (χ0) is 26.0. The van der Waals surface area contributed by atoms with Gasteiger partial charge in [0.2, 0.25) is 0 Å². The van der Waals surface area contributed by atoms with Crippen LogP contribution >= 0.6 is 0 Å². The molecule has 0 rings (SSSR count). The molecule has 0 N–H and O–H groups in total. The maximum absolute atomic E-state index is 11.8. The molecule has 0 fully saturated rings. The molecule has 0 amide bonds. The second-order valence-corrected chi connectivity index (χ2v) is 10.6. The Bertz CT molecular complexity index is 522. The highest BCUT2D eigenvalue weighted by molar-refractivity contribution is 5.70. The lowest BCUT2D eigenvalue weighted by atomic mass is 10.0. The fourth-order valence-electron chi connectivity index (χ4n) is 4.16. The quantitative estimate of drug-likeness (QED) is 0.0720. The van der Waals surface area contributed by atoms with E-state index in [2.05, 4.69) is 33.8 Å². The number of ether oxygens (including phenoxy) is 2. The summed E-state index contributed by atoms with van der Waals surface area (Å²) in [5.74, 6) is 0.271. The van der Waals surface area contributed by atoms with Gasteiger partial charge in [-0.05, 0) is 58.3 Å². The summed E-state index contributed by atoms with van der Waals surface area (Å²) in [5.41, 5.74) is 1.35. The molecule has 0 aromatic heterocycles. The minimum atomic E-state index is -0.151. The van der Waals surface area contributed by atoms with Crippen LogP contribution in [0.25, 0.3) is 0 Å². The SMILES string of the molecule is CCCCCCCCCCCCCCCOC(=O)CCCCC(=O)OCCC(C)CCC=C(C)C. The number of rotatable bonds is 25. The van der Waals surface area contributed by atoms with Crippen molar-refractivity contribution in [2.75, 3.05) is 13.2 Å². The largest absolute Gasteiger partial charge is 0.466 e. The smallest absolute Gasteiger partial charge is 0.305 e. The molecule has 4 heteroatoms. The monoisotopic (exact) mass is 494 g/mol. The van der Waals surface area contributed by atoms with Crippen LogP contribution in [0.15, 0.2) is 11.6 Å². The minimum Gasteiger partial charge on any atom is -0.466 e. The Morgan fingerprint density at radius 3 is 1.57 bits per heavy atom. The van der Waals surface area contributed by atoms with Crippen LogP contribution in [0.5, 0.6) is 0 Å². The topological polar surface area (TPSA) is 52.6 Å². The third kappa shape index (κ3) is 27.1. The zero-order valence-electron chi connectivity index (χ0n) is 23.8. The average Bonchev–Trinajstić information content (AvgIpc) is 2.82. The lowest BCUT2D eigenvalue weighted by Gasteiger charge is -2.10. The molecular formula is C31H58O4. The van der Waals surface area contributed by atoms with Crippen molar-refractivity contribution in [3.63, 3.8) is 0 Å². The molecule has 4 nitrogen and oxygen atoms in total. The molecular weight excluding hydrogens is 436 g/mol. The third-order valence-electron chi connectivity index (χ3n) is 6.61. The van der Waals surface area contributed by atoms with Gasteiger partial charge in [-0.15, -0.1) is 0 Å². The van der Waals surface area contributed by atoms with Crippen molar-refractivity contribution in [3.05, 3.63) is 11.6 Å². The van der Waals surface area contributed by atoms with Gasteiger partial charge in [0, 0.05) is 12.8 Å². The Hall–Kier alpha value is -1.32. The van der Waals surface area contributed by atoms with Gasteiger partial charge in [0.05, 0.1) is 13.2 Å². The first-order chi connectivity index (χ1) is 17.0. The van der Waals surface area contributed by atoms with Gasteiger partial charge in [-0.1, -0.05) is 103 Å². The standard InChI is InChI=1S/C31H58O4/c1-5-6-7-8-9-10-11-12-13-14-15-16-19-26-34-30(32)23-17-18-24-31(33)35-27-25-29(4)22-20-21-28(2)3/h21,29H,5-20,22-27H2,1-4H3. The molecule has 0 bridgehead atoms. The number of carbonyl (C=O) groups excluding carboxylic acids is 2. The molecule has 0 saturated heterocycles. The molecule has 1 unspecified atom stereocenters. The maximum atomic E-state index is 11.8. The molecule has 0 aromatic rings. The predicted octanol–water partition coefficient (Wildman–Crippen LogP) is 9.50. The van der Waals surface area contributed by atoms with E-state index in [-0.39, 0.29) is 11.9 Å². The first kappa shape index (κ1) is 33.7. The summed E-state index contributed by atoms with van der Waals surface area (Å²) >= 11 is 0. The van der Waals surface area contributed by atoms with Crippen LogP contribution < -0.4 is 0 Å². The molecule has 0 radical (unpaired) electrons. The number of allylic oxidation sites excluding steroid dienone is 2. The van der Waals surface area contributed by atoms with E-state index in [9.17, 15) is 9.59 Å². The number of unbranched alkanes of at least 4 members (excludes halogenated alkanes) is 13. The summed E-state index contributed by atoms with van der Waals surface area (Å²) in [7, 11) is 0. The zero-order valence-corrected chi connectivity index (χ0v) is 23.8. The van der Waals surface area contributed by atoms with Crippen molar-refractivity contribution in [3.8, 4) is 0 Å². The van der Waals surface area contributed by atoms with Crippen LogP contribution in [0.4, 0.5) is 0 Å². The molecule has 0 aliphatic rings. The van der Waals surface area contributed by atoms with Gasteiger partial charge in [-0.2, -0.15) is 0 Å². The van der Waals surface area contributed by atoms with Gasteiger partial charge in [-0.25, -0.2) is 0 Å². The second kappa shape index (κ2) is 25.8. The van der Waals surface area contributed by atoms with Gasteiger partial charge in [-0.3, -0.25) is 9.59 Å². The third-order valence-corrected chi connectivity index (χ3v) is 6.61. The van der Waals surface area contributed by atoms with Gasteiger partial charge in [0.1, 0.15) is 0 Å². The number of carbonyl (C=O) groups is 2. The molecule has 0 aromatic carbocycles. The van der Waals surface area contributed by atoms with Crippen LogP contribution in [-0.2, 0) is 19.1 Å². The fourth-order valence-corrected chi connectivity index (χ4v) is 4.16. The Morgan fingerprint density at radius 2 is 1.09 bits per heavy atom. The summed E-state index contributed by atoms with van der Waals surface area (Å²) in [6.07, 6.45) is 24.6. The molecule has 0 heterocycles. The van der Waals surface area contributed by atoms with Gasteiger partial charge < -0.3 is 9.47 Å². The summed E-state index contributed by atoms with van der Waals surface area (Å²) in [4.78, 5) is 23.7. The second-order valence-electron chi connectivity index (χ2n) is 10.6. The normalized spacial score (nSPS) is 11.8. The van der Waals surface area contributed by atoms with Crippen molar-refractivity contribution in [2.24, 2.45) is 5.92 Å². The number of hydrogen-bond donors (Lipinski definition) is 0. The first-order valence-corrected chi connectivity index (χ1v) is 14.9. The molecule has 0 aliphatic carbocycles. The van der Waals surface area contributed by atoms with E-state index < -0.39 is 0 Å². The molecule has 0 saturated carbocycles. The van der Waals surface area contributed by atoms with Crippen LogP contribution in [0.1, 0.15) is 156 Å². The Labute approximate surface area is 218 Å². The van der Waals surface area contributed by atoms with Crippen molar-refractivity contribution in [1.29, 1.82) is 0 Å². The van der Waals surface area contributed by atoms with Crippen molar-refractivity contribution >= 4 is 11.9 Å². The van der Waals surface area contributed by atoms with E-state index in [1.807, 2.05) is 0 Å². The lowest BCUT2D eigenvalue weighted by molar-refractivity contribution is -0.146. The Kier molecular flexibility index (Phi) is 24.8. The molecule has 1 atom stereocenters. The molecule has 35 heavy (non-hydrogen) atoms. The number of hydrogen-bond acceptors (Lipinski definition) is 4. The van der Waals surface area contributed by atoms with Crippen molar-refractivity contribution in [1.82, 2.24) is 0 Å². The van der Waals surface area contributed by atoms with E-state index in [1.54, 1.807) is 0 Å². The Balaban J connectivity index is 3.38. The van der Waals surface area contributed by atoms with E-state index in [0.717, 1.165) is 32.1 Å². The van der Waals surface area contributed by atoms with Gasteiger partial charge in [0.15, 0.2) is 0 Å². The van der Waals surface area contributed by atoms with Crippen LogP contribution in [0.3, 0.4) is 0 Å². The van der Waals surface area contributed by atoms with Crippen LogP contribution in [0, 0.1) is 5.92 Å². The summed E-state index contributed by atoms with van der Waals surface area (Å²) in [6.45, 7) is 9.74. The van der Waals surface area contributed by atoms with Crippen molar-refractivity contribution < 1.29 is 19.1 Å². The Morgan fingerprint density at radius 1 is 0.629 bits per heavy atom. The fraction of sp³-hybridized carbons (Fsp3) is 0.871. The lowest BCUT2D eigenvalue weighted by Crippen LogP contribution is -2.09. The maximum Gasteiger partial charge on any atom is 0.305 e.